The molecule has 4 atom stereocenters. The van der Waals surface area contributed by atoms with E-state index >= 15 is 0 Å². The van der Waals surface area contributed by atoms with Crippen LogP contribution in [0, 0.1) is 5.92 Å². The van der Waals surface area contributed by atoms with Crippen LogP contribution in [0.2, 0.25) is 0 Å². The second-order valence-electron chi connectivity index (χ2n) is 6.38. The Morgan fingerprint density at radius 2 is 2.12 bits per heavy atom. The summed E-state index contributed by atoms with van der Waals surface area (Å²) in [4.78, 5) is 29.3. The molecule has 3 heterocycles. The standard InChI is InChI=1S/C14H25N9O2/c1-3-21(4-2)14(25)11-5-9(15)7-22(11)13(24)10-6-16-18-12(10)23-8-17-19-20-23/h8-12,16,18H,3-7,15H2,1-2H3/t9-,10?,11-,12?/m0/s1. The number of tetrazole rings is 1. The lowest BCUT2D eigenvalue weighted by Crippen LogP contribution is -2.50. The summed E-state index contributed by atoms with van der Waals surface area (Å²) in [7, 11) is 0. The van der Waals surface area contributed by atoms with Crippen LogP contribution in [-0.4, -0.2) is 80.1 Å². The van der Waals surface area contributed by atoms with Gasteiger partial charge in [-0.05, 0) is 30.7 Å². The highest BCUT2D eigenvalue weighted by molar-refractivity contribution is 5.89. The normalized spacial score (nSPS) is 29.2. The Kier molecular flexibility index (Phi) is 5.25. The van der Waals surface area contributed by atoms with Gasteiger partial charge in [0, 0.05) is 32.2 Å². The highest BCUT2D eigenvalue weighted by Crippen LogP contribution is 2.26. The monoisotopic (exact) mass is 351 g/mol. The van der Waals surface area contributed by atoms with E-state index in [0.29, 0.717) is 32.6 Å². The van der Waals surface area contributed by atoms with E-state index in [4.69, 9.17) is 5.73 Å². The average molecular weight is 351 g/mol. The highest BCUT2D eigenvalue weighted by atomic mass is 16.2. The van der Waals surface area contributed by atoms with E-state index in [-0.39, 0.29) is 17.9 Å². The maximum absolute atomic E-state index is 13.2. The first-order chi connectivity index (χ1) is 12.1. The molecule has 11 nitrogen and oxygen atoms in total. The van der Waals surface area contributed by atoms with Crippen LogP contribution in [0.15, 0.2) is 6.33 Å². The number of nitrogens with zero attached hydrogens (tertiary/aromatic N) is 6. The number of likely N-dealkylation sites (tertiary alicyclic amines) is 1. The third-order valence-corrected chi connectivity index (χ3v) is 4.90. The average Bonchev–Trinajstić information content (AvgIpc) is 3.34. The van der Waals surface area contributed by atoms with Gasteiger partial charge in [-0.3, -0.25) is 15.0 Å². The van der Waals surface area contributed by atoms with Crippen LogP contribution in [0.1, 0.15) is 26.4 Å². The van der Waals surface area contributed by atoms with Crippen LogP contribution in [0.3, 0.4) is 0 Å². The van der Waals surface area contributed by atoms with Crippen LogP contribution < -0.4 is 16.6 Å². The van der Waals surface area contributed by atoms with E-state index in [1.165, 1.54) is 11.0 Å². The molecule has 11 heteroatoms. The Labute approximate surface area is 145 Å². The summed E-state index contributed by atoms with van der Waals surface area (Å²) in [6.45, 7) is 5.91. The minimum atomic E-state index is -0.502. The Morgan fingerprint density at radius 1 is 1.36 bits per heavy atom. The molecule has 3 rings (SSSR count). The van der Waals surface area contributed by atoms with Gasteiger partial charge in [0.1, 0.15) is 18.5 Å². The number of hydrogen-bond acceptors (Lipinski definition) is 8. The lowest BCUT2D eigenvalue weighted by atomic mass is 10.0. The number of hydrazine groups is 1. The van der Waals surface area contributed by atoms with Crippen molar-refractivity contribution in [2.24, 2.45) is 11.7 Å². The molecule has 138 valence electrons. The molecule has 2 saturated heterocycles. The number of carbonyl (C=O) groups is 2. The van der Waals surface area contributed by atoms with Gasteiger partial charge in [-0.15, -0.1) is 5.10 Å². The fraction of sp³-hybridized carbons (Fsp3) is 0.786. The van der Waals surface area contributed by atoms with Gasteiger partial charge in [0.05, 0.1) is 5.92 Å². The summed E-state index contributed by atoms with van der Waals surface area (Å²) in [5.74, 6) is -0.568. The Morgan fingerprint density at radius 3 is 2.76 bits per heavy atom. The number of rotatable bonds is 5. The van der Waals surface area contributed by atoms with Crippen molar-refractivity contribution in [3.05, 3.63) is 6.33 Å². The van der Waals surface area contributed by atoms with E-state index < -0.39 is 18.1 Å². The number of likely N-dealkylation sites (N-methyl/N-ethyl adjacent to an activating group) is 1. The van der Waals surface area contributed by atoms with Gasteiger partial charge in [-0.25, -0.2) is 10.1 Å². The molecule has 2 unspecified atom stereocenters. The van der Waals surface area contributed by atoms with Gasteiger partial charge >= 0.3 is 0 Å². The molecule has 1 aromatic rings. The van der Waals surface area contributed by atoms with Crippen LogP contribution in [0.4, 0.5) is 0 Å². The van der Waals surface area contributed by atoms with Crippen LogP contribution in [0.25, 0.3) is 0 Å². The minimum Gasteiger partial charge on any atom is -0.341 e. The first kappa shape index (κ1) is 17.7. The maximum Gasteiger partial charge on any atom is 0.245 e. The van der Waals surface area contributed by atoms with Crippen molar-refractivity contribution < 1.29 is 9.59 Å². The fourth-order valence-corrected chi connectivity index (χ4v) is 3.56. The predicted octanol–water partition coefficient (Wildman–Crippen LogP) is -2.31. The molecular weight excluding hydrogens is 326 g/mol. The number of aromatic nitrogens is 4. The second-order valence-corrected chi connectivity index (χ2v) is 6.38. The minimum absolute atomic E-state index is 0.0378. The molecule has 2 fully saturated rings. The Balaban J connectivity index is 1.78. The number of hydrogen-bond donors (Lipinski definition) is 3. The van der Waals surface area contributed by atoms with Gasteiger partial charge in [-0.1, -0.05) is 0 Å². The molecule has 4 N–H and O–H groups in total. The first-order valence-corrected chi connectivity index (χ1v) is 8.62. The highest BCUT2D eigenvalue weighted by Gasteiger charge is 2.45. The molecule has 1 aromatic heterocycles. The molecule has 0 bridgehead atoms. The van der Waals surface area contributed by atoms with Crippen molar-refractivity contribution >= 4 is 11.8 Å². The second kappa shape index (κ2) is 7.42. The molecule has 0 radical (unpaired) electrons. The smallest absolute Gasteiger partial charge is 0.245 e. The summed E-state index contributed by atoms with van der Waals surface area (Å²) < 4.78 is 1.50. The van der Waals surface area contributed by atoms with Crippen molar-refractivity contribution in [3.63, 3.8) is 0 Å². The Bertz CT molecular complexity index is 603. The van der Waals surface area contributed by atoms with Gasteiger partial charge in [0.15, 0.2) is 0 Å². The molecule has 0 aliphatic carbocycles. The van der Waals surface area contributed by atoms with Crippen molar-refractivity contribution in [3.8, 4) is 0 Å². The lowest BCUT2D eigenvalue weighted by Gasteiger charge is -2.31. The Hall–Kier alpha value is -2.11. The molecule has 2 aliphatic rings. The molecule has 25 heavy (non-hydrogen) atoms. The van der Waals surface area contributed by atoms with E-state index in [0.717, 1.165) is 0 Å². The number of amides is 2. The zero-order chi connectivity index (χ0) is 18.0. The van der Waals surface area contributed by atoms with E-state index in [1.54, 1.807) is 9.80 Å². The SMILES string of the molecule is CCN(CC)C(=O)[C@@H]1C[C@H](N)CN1C(=O)C1CNNC1n1cnnn1. The quantitative estimate of drug-likeness (QED) is 0.539. The summed E-state index contributed by atoms with van der Waals surface area (Å²) in [6.07, 6.45) is 1.55. The topological polar surface area (TPSA) is 134 Å². The molecule has 2 amide bonds. The fourth-order valence-electron chi connectivity index (χ4n) is 3.56. The van der Waals surface area contributed by atoms with Crippen molar-refractivity contribution in [2.45, 2.75) is 38.5 Å². The van der Waals surface area contributed by atoms with Crippen molar-refractivity contribution in [1.29, 1.82) is 0 Å². The molecular formula is C14H25N9O2. The number of nitrogens with one attached hydrogen (secondary N) is 2. The summed E-state index contributed by atoms with van der Waals surface area (Å²) in [5, 5.41) is 11.1. The molecule has 0 aromatic carbocycles. The molecule has 2 aliphatic heterocycles. The van der Waals surface area contributed by atoms with Gasteiger partial charge in [0.25, 0.3) is 0 Å². The summed E-state index contributed by atoms with van der Waals surface area (Å²) in [5.41, 5.74) is 12.1. The summed E-state index contributed by atoms with van der Waals surface area (Å²) in [6, 6.07) is -0.695. The van der Waals surface area contributed by atoms with Crippen LogP contribution in [-0.2, 0) is 9.59 Å². The van der Waals surface area contributed by atoms with Gasteiger partial charge in [-0.2, -0.15) is 0 Å². The molecule has 0 saturated carbocycles. The van der Waals surface area contributed by atoms with Gasteiger partial charge < -0.3 is 15.5 Å². The van der Waals surface area contributed by atoms with E-state index in [2.05, 4.69) is 26.4 Å². The van der Waals surface area contributed by atoms with Gasteiger partial charge in [0.2, 0.25) is 11.8 Å². The largest absolute Gasteiger partial charge is 0.341 e. The zero-order valence-electron chi connectivity index (χ0n) is 14.5. The van der Waals surface area contributed by atoms with E-state index in [1.807, 2.05) is 13.8 Å². The van der Waals surface area contributed by atoms with Crippen LogP contribution >= 0.6 is 0 Å². The lowest BCUT2D eigenvalue weighted by molar-refractivity contribution is -0.146. The van der Waals surface area contributed by atoms with E-state index in [9.17, 15) is 9.59 Å². The number of nitrogens with two attached hydrogens (primary N) is 1. The van der Waals surface area contributed by atoms with Crippen molar-refractivity contribution in [2.75, 3.05) is 26.2 Å². The third kappa shape index (κ3) is 3.34. The number of carbonyl (C=O) groups excluding carboxylic acids is 2. The maximum atomic E-state index is 13.2. The summed E-state index contributed by atoms with van der Waals surface area (Å²) >= 11 is 0. The zero-order valence-corrected chi connectivity index (χ0v) is 14.5. The predicted molar refractivity (Wildman–Crippen MR) is 87.5 cm³/mol. The van der Waals surface area contributed by atoms with Crippen molar-refractivity contribution in [1.82, 2.24) is 40.9 Å². The third-order valence-electron chi connectivity index (χ3n) is 4.90. The van der Waals surface area contributed by atoms with Crippen LogP contribution in [0.5, 0.6) is 0 Å². The first-order valence-electron chi connectivity index (χ1n) is 8.62. The molecule has 0 spiro atoms.